The molecule has 4 heteroatoms. The number of fused-ring (bicyclic) bond motifs is 1. The lowest BCUT2D eigenvalue weighted by Gasteiger charge is -2.04. The first-order valence-corrected chi connectivity index (χ1v) is 5.78. The number of aldehydes is 1. The molecular formula is C14H12N2O2. The van der Waals surface area contributed by atoms with E-state index in [0.29, 0.717) is 5.57 Å². The number of nitrogens with zero attached hydrogens (tertiary/aromatic N) is 2. The van der Waals surface area contributed by atoms with Gasteiger partial charge < -0.3 is 4.52 Å². The van der Waals surface area contributed by atoms with E-state index in [2.05, 4.69) is 16.2 Å². The number of allylic oxidation sites excluding steroid dienone is 2. The van der Waals surface area contributed by atoms with E-state index < -0.39 is 0 Å². The van der Waals surface area contributed by atoms with Crippen LogP contribution in [0.15, 0.2) is 22.9 Å². The number of pyridine rings is 1. The van der Waals surface area contributed by atoms with Gasteiger partial charge in [-0.15, -0.1) is 0 Å². The van der Waals surface area contributed by atoms with Gasteiger partial charge in [0.1, 0.15) is 5.76 Å². The number of aromatic nitrogens is 2. The van der Waals surface area contributed by atoms with Crippen molar-refractivity contribution in [2.24, 2.45) is 0 Å². The predicted molar refractivity (Wildman–Crippen MR) is 67.0 cm³/mol. The summed E-state index contributed by atoms with van der Waals surface area (Å²) in [7, 11) is 0. The van der Waals surface area contributed by atoms with E-state index in [1.54, 1.807) is 6.20 Å². The minimum absolute atomic E-state index is 0.676. The zero-order chi connectivity index (χ0) is 12.7. The lowest BCUT2D eigenvalue weighted by Crippen LogP contribution is -1.93. The van der Waals surface area contributed by atoms with Crippen LogP contribution in [-0.4, -0.2) is 16.4 Å². The largest absolute Gasteiger partial charge is 0.361 e. The van der Waals surface area contributed by atoms with Crippen LogP contribution in [0.2, 0.25) is 0 Å². The van der Waals surface area contributed by atoms with E-state index in [1.165, 1.54) is 0 Å². The summed E-state index contributed by atoms with van der Waals surface area (Å²) in [5.74, 6) is 0.788. The maximum Gasteiger partial charge on any atom is 0.151 e. The van der Waals surface area contributed by atoms with Crippen LogP contribution >= 0.6 is 0 Å². The fraction of sp³-hybridized carbons (Fsp3) is 0.214. The molecule has 0 spiro atoms. The topological polar surface area (TPSA) is 56.0 Å². The molecule has 0 aliphatic heterocycles. The summed E-state index contributed by atoms with van der Waals surface area (Å²) in [6, 6.07) is 2.06. The molecule has 0 bridgehead atoms. The second kappa shape index (κ2) is 3.91. The third-order valence-electron chi connectivity index (χ3n) is 3.23. The SMILES string of the molecule is Cc1noc(C)c1-c1cnc2c(c1)CC=C2C=O. The Morgan fingerprint density at radius 3 is 2.89 bits per heavy atom. The molecule has 0 fully saturated rings. The van der Waals surface area contributed by atoms with E-state index in [4.69, 9.17) is 4.52 Å². The van der Waals surface area contributed by atoms with Gasteiger partial charge in [0.25, 0.3) is 0 Å². The Labute approximate surface area is 104 Å². The fourth-order valence-electron chi connectivity index (χ4n) is 2.38. The molecule has 0 amide bonds. The number of hydrogen-bond acceptors (Lipinski definition) is 4. The summed E-state index contributed by atoms with van der Waals surface area (Å²) in [5, 5.41) is 3.95. The van der Waals surface area contributed by atoms with Crippen molar-refractivity contribution in [3.8, 4) is 11.1 Å². The molecule has 90 valence electrons. The number of aryl methyl sites for hydroxylation is 2. The average Bonchev–Trinajstić information content (AvgIpc) is 2.92. The van der Waals surface area contributed by atoms with E-state index in [0.717, 1.165) is 46.5 Å². The normalized spacial score (nSPS) is 13.3. The molecule has 0 unspecified atom stereocenters. The predicted octanol–water partition coefficient (Wildman–Crippen LogP) is 2.49. The van der Waals surface area contributed by atoms with Gasteiger partial charge in [0.15, 0.2) is 6.29 Å². The molecule has 18 heavy (non-hydrogen) atoms. The minimum atomic E-state index is 0.676. The summed E-state index contributed by atoms with van der Waals surface area (Å²) in [6.45, 7) is 3.80. The van der Waals surface area contributed by atoms with Crippen LogP contribution in [0.25, 0.3) is 16.7 Å². The molecule has 4 nitrogen and oxygen atoms in total. The second-order valence-electron chi connectivity index (χ2n) is 4.41. The van der Waals surface area contributed by atoms with Gasteiger partial charge in [0.2, 0.25) is 0 Å². The molecule has 2 aromatic heterocycles. The molecule has 0 saturated carbocycles. The smallest absolute Gasteiger partial charge is 0.151 e. The van der Waals surface area contributed by atoms with Crippen molar-refractivity contribution >= 4 is 11.9 Å². The maximum absolute atomic E-state index is 10.9. The first-order valence-electron chi connectivity index (χ1n) is 5.78. The highest BCUT2D eigenvalue weighted by Crippen LogP contribution is 2.31. The van der Waals surface area contributed by atoms with Crippen LogP contribution in [0.3, 0.4) is 0 Å². The van der Waals surface area contributed by atoms with Gasteiger partial charge in [-0.1, -0.05) is 11.2 Å². The molecule has 1 aliphatic carbocycles. The molecule has 0 saturated heterocycles. The summed E-state index contributed by atoms with van der Waals surface area (Å²) >= 11 is 0. The second-order valence-corrected chi connectivity index (χ2v) is 4.41. The Bertz CT molecular complexity index is 649. The van der Waals surface area contributed by atoms with Crippen molar-refractivity contribution in [3.63, 3.8) is 0 Å². The summed E-state index contributed by atoms with van der Waals surface area (Å²) in [5.41, 5.74) is 5.39. The zero-order valence-electron chi connectivity index (χ0n) is 10.2. The van der Waals surface area contributed by atoms with Gasteiger partial charge in [0.05, 0.1) is 11.4 Å². The Morgan fingerprint density at radius 2 is 2.22 bits per heavy atom. The van der Waals surface area contributed by atoms with Crippen LogP contribution in [-0.2, 0) is 11.2 Å². The third-order valence-corrected chi connectivity index (χ3v) is 3.23. The fourth-order valence-corrected chi connectivity index (χ4v) is 2.38. The van der Waals surface area contributed by atoms with Gasteiger partial charge in [0, 0.05) is 22.9 Å². The minimum Gasteiger partial charge on any atom is -0.361 e. The Kier molecular flexibility index (Phi) is 2.37. The number of hydrogen-bond donors (Lipinski definition) is 0. The van der Waals surface area contributed by atoms with E-state index in [1.807, 2.05) is 19.9 Å². The summed E-state index contributed by atoms with van der Waals surface area (Å²) in [4.78, 5) is 15.2. The Balaban J connectivity index is 2.11. The van der Waals surface area contributed by atoms with E-state index in [-0.39, 0.29) is 0 Å². The monoisotopic (exact) mass is 240 g/mol. The molecule has 1 aliphatic rings. The van der Waals surface area contributed by atoms with E-state index >= 15 is 0 Å². The van der Waals surface area contributed by atoms with Crippen molar-refractivity contribution in [2.45, 2.75) is 20.3 Å². The Morgan fingerprint density at radius 1 is 1.39 bits per heavy atom. The van der Waals surface area contributed by atoms with Crippen molar-refractivity contribution in [2.75, 3.05) is 0 Å². The first-order chi connectivity index (χ1) is 8.70. The molecule has 2 heterocycles. The van der Waals surface area contributed by atoms with Crippen molar-refractivity contribution < 1.29 is 9.32 Å². The van der Waals surface area contributed by atoms with Crippen LogP contribution in [0.1, 0.15) is 22.7 Å². The highest BCUT2D eigenvalue weighted by Gasteiger charge is 2.18. The van der Waals surface area contributed by atoms with Crippen LogP contribution in [0, 0.1) is 13.8 Å². The molecule has 2 aromatic rings. The number of carbonyl (C=O) groups excluding carboxylic acids is 1. The molecule has 0 N–H and O–H groups in total. The highest BCUT2D eigenvalue weighted by atomic mass is 16.5. The van der Waals surface area contributed by atoms with E-state index in [9.17, 15) is 4.79 Å². The van der Waals surface area contributed by atoms with Crippen LogP contribution in [0.4, 0.5) is 0 Å². The summed E-state index contributed by atoms with van der Waals surface area (Å²) < 4.78 is 5.16. The van der Waals surface area contributed by atoms with Gasteiger partial charge in [-0.25, -0.2) is 0 Å². The number of rotatable bonds is 2. The van der Waals surface area contributed by atoms with Crippen LogP contribution in [0.5, 0.6) is 0 Å². The van der Waals surface area contributed by atoms with Crippen molar-refractivity contribution in [3.05, 3.63) is 41.1 Å². The van der Waals surface area contributed by atoms with Crippen molar-refractivity contribution in [1.82, 2.24) is 10.1 Å². The lowest BCUT2D eigenvalue weighted by molar-refractivity contribution is -0.103. The number of carbonyl (C=O) groups is 1. The molecule has 0 radical (unpaired) electrons. The molecule has 3 rings (SSSR count). The first kappa shape index (κ1) is 10.9. The third kappa shape index (κ3) is 1.49. The van der Waals surface area contributed by atoms with Crippen molar-refractivity contribution in [1.29, 1.82) is 0 Å². The average molecular weight is 240 g/mol. The van der Waals surface area contributed by atoms with Gasteiger partial charge in [-0.05, 0) is 31.9 Å². The molecule has 0 aromatic carbocycles. The quantitative estimate of drug-likeness (QED) is 0.757. The maximum atomic E-state index is 10.9. The highest BCUT2D eigenvalue weighted by molar-refractivity contribution is 6.08. The lowest BCUT2D eigenvalue weighted by atomic mass is 10.0. The summed E-state index contributed by atoms with van der Waals surface area (Å²) in [6.07, 6.45) is 5.29. The molecule has 0 atom stereocenters. The Hall–Kier alpha value is -2.23. The van der Waals surface area contributed by atoms with Gasteiger partial charge in [-0.3, -0.25) is 9.78 Å². The molecular weight excluding hydrogens is 228 g/mol. The van der Waals surface area contributed by atoms with Gasteiger partial charge >= 0.3 is 0 Å². The van der Waals surface area contributed by atoms with Gasteiger partial charge in [-0.2, -0.15) is 0 Å². The standard InChI is InChI=1S/C14H12N2O2/c1-8-13(9(2)18-16-8)12-5-10-3-4-11(7-17)14(10)15-6-12/h4-7H,3H2,1-2H3. The zero-order valence-corrected chi connectivity index (χ0v) is 10.2. The van der Waals surface area contributed by atoms with Crippen LogP contribution < -0.4 is 0 Å².